The molecule has 0 aromatic heterocycles. The fraction of sp³-hybridized carbons (Fsp3) is 0.417. The van der Waals surface area contributed by atoms with Crippen LogP contribution in [0.5, 0.6) is 5.75 Å². The smallest absolute Gasteiger partial charge is 0.123 e. The van der Waals surface area contributed by atoms with Gasteiger partial charge in [-0.25, -0.2) is 4.39 Å². The molecule has 1 rings (SSSR count). The first-order valence-corrected chi connectivity index (χ1v) is 4.97. The number of rotatable bonds is 4. The van der Waals surface area contributed by atoms with Gasteiger partial charge in [-0.05, 0) is 32.0 Å². The molecule has 0 spiro atoms. The van der Waals surface area contributed by atoms with Crippen molar-refractivity contribution in [2.24, 2.45) is 0 Å². The molecule has 0 aliphatic rings. The molecule has 3 nitrogen and oxygen atoms in total. The first kappa shape index (κ1) is 12.5. The number of nitrogens with one attached hydrogen (secondary N) is 1. The van der Waals surface area contributed by atoms with Crippen LogP contribution in [0.3, 0.4) is 0 Å². The fourth-order valence-electron chi connectivity index (χ4n) is 1.24. The highest BCUT2D eigenvalue weighted by Gasteiger charge is 2.16. The number of nitriles is 1. The molecule has 0 amide bonds. The Morgan fingerprint density at radius 1 is 1.50 bits per heavy atom. The molecule has 0 aliphatic carbocycles. The highest BCUT2D eigenvalue weighted by Crippen LogP contribution is 2.19. The van der Waals surface area contributed by atoms with Crippen LogP contribution in [0.15, 0.2) is 18.2 Å². The standard InChI is InChI=1S/C12H15FN2O/c1-12(2,8-14)15-7-9-6-10(13)4-5-11(9)16-3/h4-6,15H,7H2,1-3H3. The molecule has 0 aliphatic heterocycles. The average Bonchev–Trinajstić information content (AvgIpc) is 2.27. The maximum atomic E-state index is 13.0. The zero-order valence-electron chi connectivity index (χ0n) is 9.67. The molecular weight excluding hydrogens is 207 g/mol. The number of hydrogen-bond donors (Lipinski definition) is 1. The van der Waals surface area contributed by atoms with Crippen LogP contribution in [0, 0.1) is 17.1 Å². The van der Waals surface area contributed by atoms with Gasteiger partial charge < -0.3 is 4.74 Å². The van der Waals surface area contributed by atoms with Gasteiger partial charge in [-0.3, -0.25) is 5.32 Å². The Kier molecular flexibility index (Phi) is 3.86. The monoisotopic (exact) mass is 222 g/mol. The number of ether oxygens (including phenoxy) is 1. The van der Waals surface area contributed by atoms with E-state index in [1.807, 2.05) is 0 Å². The predicted octanol–water partition coefficient (Wildman–Crippen LogP) is 2.23. The van der Waals surface area contributed by atoms with E-state index in [4.69, 9.17) is 10.00 Å². The van der Waals surface area contributed by atoms with Crippen molar-refractivity contribution in [2.75, 3.05) is 7.11 Å². The maximum Gasteiger partial charge on any atom is 0.123 e. The average molecular weight is 222 g/mol. The fourth-order valence-corrected chi connectivity index (χ4v) is 1.24. The van der Waals surface area contributed by atoms with Gasteiger partial charge in [0.2, 0.25) is 0 Å². The van der Waals surface area contributed by atoms with E-state index in [2.05, 4.69) is 11.4 Å². The van der Waals surface area contributed by atoms with E-state index in [0.717, 1.165) is 0 Å². The topological polar surface area (TPSA) is 45.0 Å². The Balaban J connectivity index is 2.81. The summed E-state index contributed by atoms with van der Waals surface area (Å²) in [5.74, 6) is 0.301. The van der Waals surface area contributed by atoms with Crippen molar-refractivity contribution in [3.63, 3.8) is 0 Å². The van der Waals surface area contributed by atoms with Crippen LogP contribution < -0.4 is 10.1 Å². The third kappa shape index (κ3) is 3.21. The summed E-state index contributed by atoms with van der Waals surface area (Å²) in [6, 6.07) is 6.44. The van der Waals surface area contributed by atoms with Gasteiger partial charge in [0.05, 0.1) is 13.2 Å². The summed E-state index contributed by atoms with van der Waals surface area (Å²) in [6.07, 6.45) is 0. The molecule has 4 heteroatoms. The first-order chi connectivity index (χ1) is 7.48. The summed E-state index contributed by atoms with van der Waals surface area (Å²) in [6.45, 7) is 3.92. The Morgan fingerprint density at radius 2 is 2.19 bits per heavy atom. The molecule has 0 fully saturated rings. The molecule has 0 radical (unpaired) electrons. The van der Waals surface area contributed by atoms with Gasteiger partial charge in [-0.2, -0.15) is 5.26 Å². The predicted molar refractivity (Wildman–Crippen MR) is 59.5 cm³/mol. The third-order valence-corrected chi connectivity index (χ3v) is 2.24. The minimum atomic E-state index is -0.642. The Morgan fingerprint density at radius 3 is 2.75 bits per heavy atom. The molecular formula is C12H15FN2O. The van der Waals surface area contributed by atoms with Crippen LogP contribution >= 0.6 is 0 Å². The van der Waals surface area contributed by atoms with Gasteiger partial charge in [-0.15, -0.1) is 0 Å². The zero-order valence-corrected chi connectivity index (χ0v) is 9.67. The second-order valence-electron chi connectivity index (χ2n) is 4.05. The quantitative estimate of drug-likeness (QED) is 0.849. The first-order valence-electron chi connectivity index (χ1n) is 4.97. The summed E-state index contributed by atoms with van der Waals surface area (Å²) in [4.78, 5) is 0. The van der Waals surface area contributed by atoms with Gasteiger partial charge in [0, 0.05) is 12.1 Å². The van der Waals surface area contributed by atoms with E-state index in [0.29, 0.717) is 17.9 Å². The van der Waals surface area contributed by atoms with Gasteiger partial charge in [0.1, 0.15) is 17.1 Å². The van der Waals surface area contributed by atoms with Crippen molar-refractivity contribution in [3.8, 4) is 11.8 Å². The van der Waals surface area contributed by atoms with Crippen molar-refractivity contribution in [3.05, 3.63) is 29.6 Å². The van der Waals surface area contributed by atoms with Crippen molar-refractivity contribution < 1.29 is 9.13 Å². The van der Waals surface area contributed by atoms with E-state index in [1.165, 1.54) is 19.2 Å². The Bertz CT molecular complexity index is 410. The van der Waals surface area contributed by atoms with Crippen LogP contribution in [0.1, 0.15) is 19.4 Å². The number of methoxy groups -OCH3 is 1. The lowest BCUT2D eigenvalue weighted by Crippen LogP contribution is -2.37. The molecule has 0 atom stereocenters. The zero-order chi connectivity index (χ0) is 12.2. The molecule has 1 aromatic carbocycles. The highest BCUT2D eigenvalue weighted by atomic mass is 19.1. The van der Waals surface area contributed by atoms with E-state index in [-0.39, 0.29) is 5.82 Å². The SMILES string of the molecule is COc1ccc(F)cc1CNC(C)(C)C#N. The van der Waals surface area contributed by atoms with Crippen LogP contribution in [0.25, 0.3) is 0 Å². The van der Waals surface area contributed by atoms with Crippen LogP contribution in [0.4, 0.5) is 4.39 Å². The number of halogens is 1. The summed E-state index contributed by atoms with van der Waals surface area (Å²) in [5.41, 5.74) is 0.0583. The van der Waals surface area contributed by atoms with Crippen molar-refractivity contribution in [2.45, 2.75) is 25.9 Å². The van der Waals surface area contributed by atoms with Crippen molar-refractivity contribution in [1.82, 2.24) is 5.32 Å². The van der Waals surface area contributed by atoms with Gasteiger partial charge in [0.25, 0.3) is 0 Å². The largest absolute Gasteiger partial charge is 0.496 e. The Labute approximate surface area is 94.8 Å². The molecule has 86 valence electrons. The van der Waals surface area contributed by atoms with Gasteiger partial charge >= 0.3 is 0 Å². The number of benzene rings is 1. The minimum absolute atomic E-state index is 0.313. The summed E-state index contributed by atoms with van der Waals surface area (Å²) >= 11 is 0. The van der Waals surface area contributed by atoms with E-state index < -0.39 is 5.54 Å². The van der Waals surface area contributed by atoms with Gasteiger partial charge in [0.15, 0.2) is 0 Å². The molecule has 1 N–H and O–H groups in total. The van der Waals surface area contributed by atoms with Crippen molar-refractivity contribution >= 4 is 0 Å². The summed E-state index contributed by atoms with van der Waals surface area (Å²) in [5, 5.41) is 11.9. The van der Waals surface area contributed by atoms with Crippen LogP contribution in [-0.2, 0) is 6.54 Å². The number of hydrogen-bond acceptors (Lipinski definition) is 3. The molecule has 0 heterocycles. The van der Waals surface area contributed by atoms with E-state index >= 15 is 0 Å². The molecule has 0 saturated carbocycles. The molecule has 0 unspecified atom stereocenters. The van der Waals surface area contributed by atoms with E-state index in [1.54, 1.807) is 19.9 Å². The van der Waals surface area contributed by atoms with Gasteiger partial charge in [-0.1, -0.05) is 0 Å². The van der Waals surface area contributed by atoms with Crippen molar-refractivity contribution in [1.29, 1.82) is 5.26 Å². The van der Waals surface area contributed by atoms with Crippen LogP contribution in [0.2, 0.25) is 0 Å². The summed E-state index contributed by atoms with van der Waals surface area (Å²) < 4.78 is 18.1. The summed E-state index contributed by atoms with van der Waals surface area (Å²) in [7, 11) is 1.53. The Hall–Kier alpha value is -1.60. The highest BCUT2D eigenvalue weighted by molar-refractivity contribution is 5.34. The number of nitrogens with zero attached hydrogens (tertiary/aromatic N) is 1. The molecule has 16 heavy (non-hydrogen) atoms. The van der Waals surface area contributed by atoms with Crippen LogP contribution in [-0.4, -0.2) is 12.6 Å². The third-order valence-electron chi connectivity index (χ3n) is 2.24. The molecule has 0 bridgehead atoms. The normalized spacial score (nSPS) is 10.9. The molecule has 1 aromatic rings. The maximum absolute atomic E-state index is 13.0. The minimum Gasteiger partial charge on any atom is -0.496 e. The lowest BCUT2D eigenvalue weighted by molar-refractivity contribution is 0.400. The lowest BCUT2D eigenvalue weighted by atomic mass is 10.1. The second kappa shape index (κ2) is 4.95. The lowest BCUT2D eigenvalue weighted by Gasteiger charge is -2.18. The molecule has 0 saturated heterocycles. The second-order valence-corrected chi connectivity index (χ2v) is 4.05. The van der Waals surface area contributed by atoms with E-state index in [9.17, 15) is 4.39 Å².